The van der Waals surface area contributed by atoms with Crippen LogP contribution < -0.4 is 10.6 Å². The van der Waals surface area contributed by atoms with Crippen LogP contribution in [0.2, 0.25) is 0 Å². The SMILES string of the molecule is CN1CCCCC1CNC(=O)[C@H]1Cc2ccccc2CN1. The van der Waals surface area contributed by atoms with Gasteiger partial charge in [0.05, 0.1) is 6.04 Å². The molecule has 2 aliphatic heterocycles. The van der Waals surface area contributed by atoms with Crippen molar-refractivity contribution in [2.45, 2.75) is 44.3 Å². The molecule has 1 saturated heterocycles. The van der Waals surface area contributed by atoms with Crippen LogP contribution in [0.4, 0.5) is 0 Å². The molecule has 4 nitrogen and oxygen atoms in total. The zero-order valence-electron chi connectivity index (χ0n) is 12.8. The van der Waals surface area contributed by atoms with Crippen LogP contribution in [0.25, 0.3) is 0 Å². The molecule has 2 aliphatic rings. The zero-order chi connectivity index (χ0) is 14.7. The highest BCUT2D eigenvalue weighted by molar-refractivity contribution is 5.82. The van der Waals surface area contributed by atoms with Crippen molar-refractivity contribution < 1.29 is 4.79 Å². The summed E-state index contributed by atoms with van der Waals surface area (Å²) in [5, 5.41) is 6.49. The van der Waals surface area contributed by atoms with Gasteiger partial charge in [-0.2, -0.15) is 0 Å². The lowest BCUT2D eigenvalue weighted by molar-refractivity contribution is -0.123. The highest BCUT2D eigenvalue weighted by Gasteiger charge is 2.25. The molecule has 0 radical (unpaired) electrons. The lowest BCUT2D eigenvalue weighted by Crippen LogP contribution is -2.51. The maximum Gasteiger partial charge on any atom is 0.237 e. The maximum atomic E-state index is 12.4. The van der Waals surface area contributed by atoms with E-state index in [1.54, 1.807) is 0 Å². The third-order valence-corrected chi connectivity index (χ3v) is 4.83. The number of hydrogen-bond donors (Lipinski definition) is 2. The number of fused-ring (bicyclic) bond motifs is 1. The number of likely N-dealkylation sites (tertiary alicyclic amines) is 1. The number of benzene rings is 1. The smallest absolute Gasteiger partial charge is 0.237 e. The summed E-state index contributed by atoms with van der Waals surface area (Å²) < 4.78 is 0. The fourth-order valence-electron chi connectivity index (χ4n) is 3.38. The van der Waals surface area contributed by atoms with Crippen molar-refractivity contribution in [3.8, 4) is 0 Å². The van der Waals surface area contributed by atoms with Gasteiger partial charge in [-0.05, 0) is 44.0 Å². The number of hydrogen-bond acceptors (Lipinski definition) is 3. The minimum absolute atomic E-state index is 0.0891. The van der Waals surface area contributed by atoms with E-state index in [0.29, 0.717) is 6.04 Å². The summed E-state index contributed by atoms with van der Waals surface area (Å²) in [4.78, 5) is 14.7. The van der Waals surface area contributed by atoms with Crippen LogP contribution in [0.5, 0.6) is 0 Å². The Morgan fingerprint density at radius 3 is 2.95 bits per heavy atom. The molecule has 2 atom stereocenters. The van der Waals surface area contributed by atoms with E-state index in [2.05, 4.69) is 46.8 Å². The summed E-state index contributed by atoms with van der Waals surface area (Å²) in [5.41, 5.74) is 2.61. The Bertz CT molecular complexity index is 503. The number of nitrogens with one attached hydrogen (secondary N) is 2. The molecular weight excluding hydrogens is 262 g/mol. The van der Waals surface area contributed by atoms with Gasteiger partial charge in [-0.15, -0.1) is 0 Å². The molecule has 2 heterocycles. The van der Waals surface area contributed by atoms with Crippen molar-refractivity contribution in [2.24, 2.45) is 0 Å². The van der Waals surface area contributed by atoms with Gasteiger partial charge < -0.3 is 15.5 Å². The van der Waals surface area contributed by atoms with Gasteiger partial charge in [0, 0.05) is 19.1 Å². The largest absolute Gasteiger partial charge is 0.353 e. The molecule has 1 aromatic carbocycles. The molecule has 0 aromatic heterocycles. The van der Waals surface area contributed by atoms with Gasteiger partial charge in [-0.3, -0.25) is 4.79 Å². The Morgan fingerprint density at radius 2 is 2.14 bits per heavy atom. The molecule has 1 aromatic rings. The summed E-state index contributed by atoms with van der Waals surface area (Å²) in [7, 11) is 2.16. The predicted molar refractivity (Wildman–Crippen MR) is 84.1 cm³/mol. The van der Waals surface area contributed by atoms with Crippen molar-refractivity contribution in [1.29, 1.82) is 0 Å². The van der Waals surface area contributed by atoms with Crippen LogP contribution in [-0.2, 0) is 17.8 Å². The summed E-state index contributed by atoms with van der Waals surface area (Å²) in [5.74, 6) is 0.142. The molecule has 1 amide bonds. The van der Waals surface area contributed by atoms with Crippen molar-refractivity contribution in [3.05, 3.63) is 35.4 Å². The lowest BCUT2D eigenvalue weighted by atomic mass is 9.95. The molecule has 114 valence electrons. The van der Waals surface area contributed by atoms with Gasteiger partial charge >= 0.3 is 0 Å². The van der Waals surface area contributed by atoms with Crippen LogP contribution in [0, 0.1) is 0 Å². The summed E-state index contributed by atoms with van der Waals surface area (Å²) >= 11 is 0. The average Bonchev–Trinajstić information content (AvgIpc) is 2.53. The Balaban J connectivity index is 1.52. The first-order valence-electron chi connectivity index (χ1n) is 8.02. The van der Waals surface area contributed by atoms with E-state index in [4.69, 9.17) is 0 Å². The van der Waals surface area contributed by atoms with E-state index >= 15 is 0 Å². The standard InChI is InChI=1S/C17H25N3O/c1-20-9-5-4-8-15(20)12-19-17(21)16-10-13-6-2-3-7-14(13)11-18-16/h2-3,6-7,15-16,18H,4-5,8-12H2,1H3,(H,19,21)/t15?,16-/m1/s1. The molecule has 4 heteroatoms. The van der Waals surface area contributed by atoms with Crippen molar-refractivity contribution >= 4 is 5.91 Å². The second-order valence-corrected chi connectivity index (χ2v) is 6.28. The first-order valence-corrected chi connectivity index (χ1v) is 8.02. The van der Waals surface area contributed by atoms with E-state index in [1.165, 1.54) is 30.4 Å². The average molecular weight is 287 g/mol. The first kappa shape index (κ1) is 14.5. The number of likely N-dealkylation sites (N-methyl/N-ethyl adjacent to an activating group) is 1. The van der Waals surface area contributed by atoms with Crippen LogP contribution >= 0.6 is 0 Å². The van der Waals surface area contributed by atoms with Gasteiger partial charge in [0.2, 0.25) is 5.91 Å². The Morgan fingerprint density at radius 1 is 1.33 bits per heavy atom. The molecule has 1 unspecified atom stereocenters. The minimum atomic E-state index is -0.0891. The van der Waals surface area contributed by atoms with E-state index in [-0.39, 0.29) is 11.9 Å². The molecule has 0 aliphatic carbocycles. The number of carbonyl (C=O) groups excluding carboxylic acids is 1. The molecule has 2 N–H and O–H groups in total. The van der Waals surface area contributed by atoms with Gasteiger partial charge in [0.25, 0.3) is 0 Å². The molecule has 0 saturated carbocycles. The summed E-state index contributed by atoms with van der Waals surface area (Å²) in [6, 6.07) is 8.78. The van der Waals surface area contributed by atoms with E-state index in [9.17, 15) is 4.79 Å². The number of amides is 1. The van der Waals surface area contributed by atoms with Gasteiger partial charge in [-0.1, -0.05) is 30.7 Å². The molecular formula is C17H25N3O. The van der Waals surface area contributed by atoms with Crippen LogP contribution in [0.1, 0.15) is 30.4 Å². The fraction of sp³-hybridized carbons (Fsp3) is 0.588. The van der Waals surface area contributed by atoms with Gasteiger partial charge in [0.15, 0.2) is 0 Å². The third-order valence-electron chi connectivity index (χ3n) is 4.83. The van der Waals surface area contributed by atoms with Crippen molar-refractivity contribution in [2.75, 3.05) is 20.1 Å². The Hall–Kier alpha value is -1.39. The monoisotopic (exact) mass is 287 g/mol. The first-order chi connectivity index (χ1) is 10.2. The van der Waals surface area contributed by atoms with Crippen molar-refractivity contribution in [1.82, 2.24) is 15.5 Å². The van der Waals surface area contributed by atoms with Crippen LogP contribution in [0.15, 0.2) is 24.3 Å². The second-order valence-electron chi connectivity index (χ2n) is 6.28. The minimum Gasteiger partial charge on any atom is -0.353 e. The number of rotatable bonds is 3. The zero-order valence-corrected chi connectivity index (χ0v) is 12.8. The topological polar surface area (TPSA) is 44.4 Å². The van der Waals surface area contributed by atoms with Gasteiger partial charge in [0.1, 0.15) is 0 Å². The van der Waals surface area contributed by atoms with Crippen LogP contribution in [-0.4, -0.2) is 43.0 Å². The van der Waals surface area contributed by atoms with Crippen LogP contribution in [0.3, 0.4) is 0 Å². The summed E-state index contributed by atoms with van der Waals surface area (Å²) in [6.07, 6.45) is 4.54. The molecule has 3 rings (SSSR count). The Labute approximate surface area is 126 Å². The highest BCUT2D eigenvalue weighted by atomic mass is 16.2. The van der Waals surface area contributed by atoms with Gasteiger partial charge in [-0.25, -0.2) is 0 Å². The Kier molecular flexibility index (Phi) is 4.56. The van der Waals surface area contributed by atoms with Crippen molar-refractivity contribution in [3.63, 3.8) is 0 Å². The number of piperidine rings is 1. The number of carbonyl (C=O) groups is 1. The third kappa shape index (κ3) is 3.44. The predicted octanol–water partition coefficient (Wildman–Crippen LogP) is 1.30. The highest BCUT2D eigenvalue weighted by Crippen LogP contribution is 2.17. The molecule has 0 bridgehead atoms. The van der Waals surface area contributed by atoms with E-state index in [1.807, 2.05) is 0 Å². The molecule has 0 spiro atoms. The molecule has 21 heavy (non-hydrogen) atoms. The molecule has 1 fully saturated rings. The summed E-state index contributed by atoms with van der Waals surface area (Å²) in [6.45, 7) is 2.71. The fourth-order valence-corrected chi connectivity index (χ4v) is 3.38. The second kappa shape index (κ2) is 6.58. The quantitative estimate of drug-likeness (QED) is 0.881. The lowest BCUT2D eigenvalue weighted by Gasteiger charge is -2.33. The van der Waals surface area contributed by atoms with E-state index < -0.39 is 0 Å². The normalized spacial score (nSPS) is 26.1. The van der Waals surface area contributed by atoms with E-state index in [0.717, 1.165) is 26.1 Å². The number of nitrogens with zero attached hydrogens (tertiary/aromatic N) is 1. The maximum absolute atomic E-state index is 12.4.